The molecule has 3 N–H and O–H groups in total. The number of rotatable bonds is 9. The van der Waals surface area contributed by atoms with Crippen molar-refractivity contribution in [3.63, 3.8) is 0 Å². The largest absolute Gasteiger partial charge is 0.497 e. The number of allylic oxidation sites excluding steroid dienone is 1. The second kappa shape index (κ2) is 16.6. The molecule has 0 unspecified atom stereocenters. The molecule has 1 saturated heterocycles. The van der Waals surface area contributed by atoms with E-state index in [9.17, 15) is 40.8 Å². The van der Waals surface area contributed by atoms with Gasteiger partial charge in [-0.25, -0.2) is 23.2 Å². The summed E-state index contributed by atoms with van der Waals surface area (Å²) in [5.41, 5.74) is -4.18. The molecule has 0 bridgehead atoms. The van der Waals surface area contributed by atoms with Gasteiger partial charge in [0.1, 0.15) is 35.1 Å². The molecule has 330 valence electrons. The quantitative estimate of drug-likeness (QED) is 0.300. The molecule has 3 fully saturated rings. The number of benzene rings is 1. The van der Waals surface area contributed by atoms with Crippen LogP contribution in [0.2, 0.25) is 0 Å². The van der Waals surface area contributed by atoms with E-state index in [2.05, 4.69) is 25.3 Å². The molecule has 1 aromatic heterocycles. The summed E-state index contributed by atoms with van der Waals surface area (Å²) in [6.07, 6.45) is -1.72. The van der Waals surface area contributed by atoms with E-state index in [0.29, 0.717) is 37.9 Å². The Morgan fingerprint density at radius 1 is 1.07 bits per heavy atom. The highest BCUT2D eigenvalue weighted by atomic mass is 32.2. The Labute approximate surface area is 346 Å². The zero-order valence-electron chi connectivity index (χ0n) is 34.7. The molecule has 0 radical (unpaired) electrons. The van der Waals surface area contributed by atoms with Crippen LogP contribution < -0.4 is 24.8 Å². The number of fused-ring (bicyclic) bond motifs is 3. The van der Waals surface area contributed by atoms with Crippen LogP contribution in [0.5, 0.6) is 11.6 Å². The van der Waals surface area contributed by atoms with E-state index in [-0.39, 0.29) is 36.4 Å². The zero-order chi connectivity index (χ0) is 44.0. The summed E-state index contributed by atoms with van der Waals surface area (Å²) in [6.45, 7) is 7.96. The lowest BCUT2D eigenvalue weighted by atomic mass is 9.87. The number of hydrogen-bond donors (Lipinski definition) is 3. The topological polar surface area (TPSA) is 204 Å². The van der Waals surface area contributed by atoms with Crippen LogP contribution in [0, 0.1) is 17.8 Å². The zero-order valence-corrected chi connectivity index (χ0v) is 35.5. The van der Waals surface area contributed by atoms with E-state index >= 15 is 0 Å². The summed E-state index contributed by atoms with van der Waals surface area (Å²) in [5.74, 6) is -4.53. The predicted molar refractivity (Wildman–Crippen MR) is 210 cm³/mol. The van der Waals surface area contributed by atoms with Gasteiger partial charge >= 0.3 is 12.3 Å². The van der Waals surface area contributed by atoms with E-state index in [1.165, 1.54) is 39.3 Å². The number of alkyl carbamates (subject to hydrolysis) is 1. The van der Waals surface area contributed by atoms with Crippen LogP contribution in [-0.4, -0.2) is 109 Å². The number of halogens is 3. The highest BCUT2D eigenvalue weighted by Crippen LogP contribution is 2.48. The fourth-order valence-electron chi connectivity index (χ4n) is 7.80. The lowest BCUT2D eigenvalue weighted by Crippen LogP contribution is -2.60. The van der Waals surface area contributed by atoms with Crippen molar-refractivity contribution in [2.24, 2.45) is 17.8 Å². The first-order chi connectivity index (χ1) is 28.0. The maximum absolute atomic E-state index is 15.0. The second-order valence-electron chi connectivity index (χ2n) is 17.6. The molecule has 7 atom stereocenters. The molecular weight excluding hydrogens is 814 g/mol. The van der Waals surface area contributed by atoms with Gasteiger partial charge in [-0.2, -0.15) is 13.2 Å². The van der Waals surface area contributed by atoms with E-state index in [1.54, 1.807) is 26.8 Å². The Hall–Kier alpha value is -4.72. The maximum Gasteiger partial charge on any atom is 0.438 e. The standard InChI is InChI=1S/C40H53F3N6O10S/c1-22-10-8-9-11-24-19-39(24,35(52)48-60(54,55)38(5)14-15-38)47-32(50)29-18-26(58-33-31(40(41,42)43)44-27-13-12-25(57-7)17-28(27)45-33)20-49(29)34(51)30(23(16-22)21-56-6)46-36(53)59-37(2,3)4/h9,11-13,17,22-24,26,29-30H,8,10,14-16,18-21H2,1-7H3,(H,46,53)(H,47,50)(H,48,52)/b11-9-/t22-,23+,24+,26-,29+,30+,39+/m1/s1. The fourth-order valence-corrected chi connectivity index (χ4v) is 9.11. The van der Waals surface area contributed by atoms with Gasteiger partial charge in [0.2, 0.25) is 33.4 Å². The molecule has 3 heterocycles. The average molecular weight is 867 g/mol. The molecule has 6 rings (SSSR count). The minimum Gasteiger partial charge on any atom is -0.497 e. The number of ether oxygens (including phenoxy) is 4. The third kappa shape index (κ3) is 9.74. The lowest BCUT2D eigenvalue weighted by Gasteiger charge is -2.34. The highest BCUT2D eigenvalue weighted by Gasteiger charge is 2.63. The highest BCUT2D eigenvalue weighted by molar-refractivity contribution is 7.91. The second-order valence-corrected chi connectivity index (χ2v) is 19.7. The normalized spacial score (nSPS) is 28.9. The van der Waals surface area contributed by atoms with Gasteiger partial charge in [-0.15, -0.1) is 0 Å². The van der Waals surface area contributed by atoms with E-state index in [4.69, 9.17) is 18.9 Å². The van der Waals surface area contributed by atoms with Crippen LogP contribution in [0.1, 0.15) is 85.3 Å². The number of alkyl halides is 3. The third-order valence-electron chi connectivity index (χ3n) is 11.5. The van der Waals surface area contributed by atoms with Crippen molar-refractivity contribution in [1.29, 1.82) is 0 Å². The molecule has 4 aliphatic rings. The monoisotopic (exact) mass is 866 g/mol. The molecule has 2 aliphatic carbocycles. The number of sulfonamides is 1. The summed E-state index contributed by atoms with van der Waals surface area (Å²) < 4.78 is 93.2. The average Bonchev–Trinajstić information content (AvgIpc) is 4.03. The van der Waals surface area contributed by atoms with Crippen LogP contribution in [0.15, 0.2) is 30.4 Å². The molecule has 1 aromatic carbocycles. The predicted octanol–water partition coefficient (Wildman–Crippen LogP) is 4.41. The number of aromatic nitrogens is 2. The van der Waals surface area contributed by atoms with Gasteiger partial charge in [0.05, 0.1) is 36.0 Å². The Morgan fingerprint density at radius 3 is 2.42 bits per heavy atom. The van der Waals surface area contributed by atoms with E-state index in [1.807, 2.05) is 13.0 Å². The van der Waals surface area contributed by atoms with E-state index < -0.39 is 104 Å². The van der Waals surface area contributed by atoms with Gasteiger partial charge in [-0.3, -0.25) is 19.1 Å². The Morgan fingerprint density at radius 2 is 1.78 bits per heavy atom. The number of carbonyl (C=O) groups is 4. The van der Waals surface area contributed by atoms with Crippen molar-refractivity contribution < 1.29 is 59.7 Å². The lowest BCUT2D eigenvalue weighted by molar-refractivity contribution is -0.143. The molecule has 0 spiro atoms. The number of amides is 4. The fraction of sp³-hybridized carbons (Fsp3) is 0.650. The van der Waals surface area contributed by atoms with Crippen molar-refractivity contribution >= 4 is 44.9 Å². The smallest absolute Gasteiger partial charge is 0.438 e. The van der Waals surface area contributed by atoms with Gasteiger partial charge in [-0.05, 0) is 84.3 Å². The third-order valence-corrected chi connectivity index (χ3v) is 13.7. The Balaban J connectivity index is 1.41. The van der Waals surface area contributed by atoms with Gasteiger partial charge in [0.25, 0.3) is 5.91 Å². The molecule has 4 amide bonds. The first kappa shape index (κ1) is 44.8. The number of nitrogens with one attached hydrogen (secondary N) is 3. The van der Waals surface area contributed by atoms with Crippen LogP contribution in [0.25, 0.3) is 11.0 Å². The number of methoxy groups -OCH3 is 2. The Kier molecular flexibility index (Phi) is 12.4. The summed E-state index contributed by atoms with van der Waals surface area (Å²) in [4.78, 5) is 65.8. The number of hydrogen-bond acceptors (Lipinski definition) is 12. The molecule has 2 aliphatic heterocycles. The van der Waals surface area contributed by atoms with Gasteiger partial charge < -0.3 is 34.5 Å². The minimum atomic E-state index is -5.02. The van der Waals surface area contributed by atoms with Crippen molar-refractivity contribution in [2.45, 2.75) is 120 Å². The van der Waals surface area contributed by atoms with E-state index in [0.717, 1.165) is 4.90 Å². The van der Waals surface area contributed by atoms with Crippen molar-refractivity contribution in [3.05, 3.63) is 36.0 Å². The van der Waals surface area contributed by atoms with Crippen LogP contribution in [0.4, 0.5) is 18.0 Å². The molecule has 2 aromatic rings. The first-order valence-electron chi connectivity index (χ1n) is 19.9. The molecule has 20 heteroatoms. The van der Waals surface area contributed by atoms with Gasteiger partial charge in [-0.1, -0.05) is 19.1 Å². The summed E-state index contributed by atoms with van der Waals surface area (Å²) >= 11 is 0. The summed E-state index contributed by atoms with van der Waals surface area (Å²) in [5, 5.41) is 5.42. The van der Waals surface area contributed by atoms with Crippen LogP contribution in [-0.2, 0) is 40.1 Å². The van der Waals surface area contributed by atoms with Gasteiger partial charge in [0, 0.05) is 31.4 Å². The van der Waals surface area contributed by atoms with Crippen molar-refractivity contribution in [2.75, 3.05) is 27.4 Å². The Bertz CT molecular complexity index is 2140. The molecule has 2 saturated carbocycles. The molecular formula is C40H53F3N6O10S. The summed E-state index contributed by atoms with van der Waals surface area (Å²) in [6, 6.07) is 1.28. The maximum atomic E-state index is 15.0. The van der Waals surface area contributed by atoms with Gasteiger partial charge in [0.15, 0.2) is 0 Å². The van der Waals surface area contributed by atoms with Crippen LogP contribution >= 0.6 is 0 Å². The van der Waals surface area contributed by atoms with Crippen LogP contribution in [0.3, 0.4) is 0 Å². The molecule has 16 nitrogen and oxygen atoms in total. The van der Waals surface area contributed by atoms with Crippen molar-refractivity contribution in [3.8, 4) is 11.6 Å². The molecule has 60 heavy (non-hydrogen) atoms. The van der Waals surface area contributed by atoms with Crippen molar-refractivity contribution in [1.82, 2.24) is 30.2 Å². The summed E-state index contributed by atoms with van der Waals surface area (Å²) in [7, 11) is -1.31. The number of carbonyl (C=O) groups excluding carboxylic acids is 4. The number of nitrogens with zero attached hydrogens (tertiary/aromatic N) is 3. The minimum absolute atomic E-state index is 0.000843. The first-order valence-corrected chi connectivity index (χ1v) is 21.4. The SMILES string of the molecule is COC[C@@H]1C[C@H](C)CC/C=C\[C@H]2C[C@]2(C(=O)NS(=O)(=O)C2(C)CC2)NC(=O)[C@@H]2C[C@@H](Oc3nc4cc(OC)ccc4nc3C(F)(F)F)CN2C(=O)[C@H]1NC(=O)OC(C)(C)C.